The number of aryl methyl sites for hydroxylation is 1. The largest absolute Gasteiger partial charge is 0.483 e. The molecule has 1 heterocycles. The lowest BCUT2D eigenvalue weighted by molar-refractivity contribution is 0.0570. The average Bonchev–Trinajstić information content (AvgIpc) is 2.62. The van der Waals surface area contributed by atoms with Gasteiger partial charge in [-0.15, -0.1) is 0 Å². The normalized spacial score (nSPS) is 15.8. The van der Waals surface area contributed by atoms with Gasteiger partial charge in [0.15, 0.2) is 0 Å². The van der Waals surface area contributed by atoms with Crippen LogP contribution >= 0.6 is 0 Å². The second-order valence-corrected chi connectivity index (χ2v) is 6.84. The lowest BCUT2D eigenvalue weighted by Crippen LogP contribution is -2.50. The second kappa shape index (κ2) is 6.86. The van der Waals surface area contributed by atoms with Gasteiger partial charge in [0, 0.05) is 13.1 Å². The fraction of sp³-hybridized carbons (Fsp3) is 0.429. The van der Waals surface area contributed by atoms with Crippen LogP contribution in [0.3, 0.4) is 0 Å². The summed E-state index contributed by atoms with van der Waals surface area (Å²) in [7, 11) is 0. The molecule has 0 aromatic heterocycles. The molecule has 3 heteroatoms. The minimum absolute atomic E-state index is 0.0978. The molecular weight excluding hydrogens is 296 g/mol. The van der Waals surface area contributed by atoms with Crippen LogP contribution in [0.4, 0.5) is 5.69 Å². The van der Waals surface area contributed by atoms with Crippen molar-refractivity contribution in [3.63, 3.8) is 0 Å². The molecule has 0 aliphatic carbocycles. The molecule has 0 saturated heterocycles. The van der Waals surface area contributed by atoms with Crippen LogP contribution in [0, 0.1) is 6.92 Å². The first kappa shape index (κ1) is 16.8. The van der Waals surface area contributed by atoms with Crippen molar-refractivity contribution in [2.75, 3.05) is 11.4 Å². The van der Waals surface area contributed by atoms with Gasteiger partial charge in [0.1, 0.15) is 11.4 Å². The predicted molar refractivity (Wildman–Crippen MR) is 101 cm³/mol. The number of rotatable bonds is 5. The van der Waals surface area contributed by atoms with Crippen molar-refractivity contribution in [1.29, 1.82) is 0 Å². The number of nitrogens with two attached hydrogens (primary N) is 1. The fourth-order valence-corrected chi connectivity index (χ4v) is 3.42. The van der Waals surface area contributed by atoms with Crippen molar-refractivity contribution in [3.8, 4) is 5.75 Å². The van der Waals surface area contributed by atoms with Crippen LogP contribution in [0.5, 0.6) is 5.75 Å². The van der Waals surface area contributed by atoms with E-state index in [1.165, 1.54) is 22.4 Å². The molecule has 0 unspecified atom stereocenters. The number of benzene rings is 2. The quantitative estimate of drug-likeness (QED) is 0.885. The highest BCUT2D eigenvalue weighted by Gasteiger charge is 2.36. The highest BCUT2D eigenvalue weighted by molar-refractivity contribution is 5.62. The van der Waals surface area contributed by atoms with E-state index in [4.69, 9.17) is 10.5 Å². The van der Waals surface area contributed by atoms with Crippen molar-refractivity contribution in [2.24, 2.45) is 5.73 Å². The van der Waals surface area contributed by atoms with Crippen LogP contribution in [-0.2, 0) is 13.1 Å². The van der Waals surface area contributed by atoms with Crippen molar-refractivity contribution < 1.29 is 4.74 Å². The highest BCUT2D eigenvalue weighted by atomic mass is 16.5. The van der Waals surface area contributed by atoms with Gasteiger partial charge in [0.2, 0.25) is 0 Å². The van der Waals surface area contributed by atoms with Gasteiger partial charge in [-0.25, -0.2) is 0 Å². The Hall–Kier alpha value is -2.00. The van der Waals surface area contributed by atoms with Gasteiger partial charge in [0.05, 0.1) is 12.2 Å². The molecule has 0 spiro atoms. The van der Waals surface area contributed by atoms with Crippen LogP contribution < -0.4 is 15.4 Å². The third kappa shape index (κ3) is 3.27. The zero-order chi connectivity index (χ0) is 17.2. The summed E-state index contributed by atoms with van der Waals surface area (Å²) in [4.78, 5) is 2.47. The number of fused-ring (bicyclic) bond motifs is 1. The molecular formula is C21H28N2O. The molecule has 0 radical (unpaired) electrons. The molecule has 1 aliphatic heterocycles. The van der Waals surface area contributed by atoms with Gasteiger partial charge in [-0.3, -0.25) is 0 Å². The maximum absolute atomic E-state index is 6.42. The highest BCUT2D eigenvalue weighted by Crippen LogP contribution is 2.40. The van der Waals surface area contributed by atoms with E-state index in [1.54, 1.807) is 0 Å². The van der Waals surface area contributed by atoms with Crippen LogP contribution in [0.25, 0.3) is 0 Å². The summed E-state index contributed by atoms with van der Waals surface area (Å²) in [6.07, 6.45) is 2.03. The molecule has 2 N–H and O–H groups in total. The first-order valence-corrected chi connectivity index (χ1v) is 8.91. The van der Waals surface area contributed by atoms with Gasteiger partial charge < -0.3 is 15.4 Å². The summed E-state index contributed by atoms with van der Waals surface area (Å²) in [5.74, 6) is 1.01. The Morgan fingerprint density at radius 1 is 1.04 bits per heavy atom. The maximum Gasteiger partial charge on any atom is 0.143 e. The smallest absolute Gasteiger partial charge is 0.143 e. The number of nitrogens with zero attached hydrogens (tertiary/aromatic N) is 1. The zero-order valence-corrected chi connectivity index (χ0v) is 15.0. The summed E-state index contributed by atoms with van der Waals surface area (Å²) in [6, 6.07) is 15.1. The number of anilines is 1. The topological polar surface area (TPSA) is 38.5 Å². The zero-order valence-electron chi connectivity index (χ0n) is 15.0. The Morgan fingerprint density at radius 3 is 2.33 bits per heavy atom. The Kier molecular flexibility index (Phi) is 4.81. The maximum atomic E-state index is 6.42. The first-order chi connectivity index (χ1) is 11.6. The summed E-state index contributed by atoms with van der Waals surface area (Å²) in [5, 5.41) is 0. The molecule has 3 nitrogen and oxygen atoms in total. The van der Waals surface area contributed by atoms with Crippen molar-refractivity contribution >= 4 is 5.69 Å². The molecule has 0 saturated carbocycles. The van der Waals surface area contributed by atoms with E-state index in [2.05, 4.69) is 68.1 Å². The standard InChI is InChI=1S/C21H28N2O/c1-4-21(5-2)15-23(14-18-9-7-17(13-22)8-10-18)19-12-16(3)6-11-20(19)24-21/h6-12H,4-5,13-15,22H2,1-3H3. The van der Waals surface area contributed by atoms with E-state index < -0.39 is 0 Å². The van der Waals surface area contributed by atoms with E-state index in [0.29, 0.717) is 6.54 Å². The lowest BCUT2D eigenvalue weighted by atomic mass is 9.93. The van der Waals surface area contributed by atoms with Gasteiger partial charge in [0.25, 0.3) is 0 Å². The molecule has 1 aliphatic rings. The molecule has 24 heavy (non-hydrogen) atoms. The van der Waals surface area contributed by atoms with Crippen LogP contribution in [-0.4, -0.2) is 12.1 Å². The minimum Gasteiger partial charge on any atom is -0.483 e. The molecule has 2 aromatic rings. The Balaban J connectivity index is 1.93. The van der Waals surface area contributed by atoms with Crippen molar-refractivity contribution in [2.45, 2.75) is 52.3 Å². The lowest BCUT2D eigenvalue weighted by Gasteiger charge is -2.44. The second-order valence-electron chi connectivity index (χ2n) is 6.84. The summed E-state index contributed by atoms with van der Waals surface area (Å²) >= 11 is 0. The Bertz CT molecular complexity index is 689. The van der Waals surface area contributed by atoms with Crippen molar-refractivity contribution in [1.82, 2.24) is 0 Å². The molecule has 2 aromatic carbocycles. The molecule has 0 bridgehead atoms. The molecule has 0 fully saturated rings. The van der Waals surface area contributed by atoms with Crippen LogP contribution in [0.15, 0.2) is 42.5 Å². The van der Waals surface area contributed by atoms with E-state index in [9.17, 15) is 0 Å². The van der Waals surface area contributed by atoms with Crippen LogP contribution in [0.2, 0.25) is 0 Å². The SMILES string of the molecule is CCC1(CC)CN(Cc2ccc(CN)cc2)c2cc(C)ccc2O1. The molecule has 0 amide bonds. The van der Waals surface area contributed by atoms with Gasteiger partial charge >= 0.3 is 0 Å². The van der Waals surface area contributed by atoms with E-state index in [1.807, 2.05) is 0 Å². The number of ether oxygens (including phenoxy) is 1. The number of hydrogen-bond donors (Lipinski definition) is 1. The van der Waals surface area contributed by atoms with Gasteiger partial charge in [-0.2, -0.15) is 0 Å². The Labute approximate surface area is 145 Å². The van der Waals surface area contributed by atoms with Crippen LogP contribution in [0.1, 0.15) is 43.4 Å². The van der Waals surface area contributed by atoms with E-state index >= 15 is 0 Å². The van der Waals surface area contributed by atoms with E-state index in [-0.39, 0.29) is 5.60 Å². The Morgan fingerprint density at radius 2 is 1.71 bits per heavy atom. The summed E-state index contributed by atoms with van der Waals surface area (Å²) in [6.45, 7) is 8.99. The van der Waals surface area contributed by atoms with E-state index in [0.717, 1.165) is 31.7 Å². The van der Waals surface area contributed by atoms with Gasteiger partial charge in [-0.05, 0) is 48.6 Å². The first-order valence-electron chi connectivity index (χ1n) is 8.91. The average molecular weight is 324 g/mol. The molecule has 128 valence electrons. The van der Waals surface area contributed by atoms with Crippen molar-refractivity contribution in [3.05, 3.63) is 59.2 Å². The monoisotopic (exact) mass is 324 g/mol. The molecule has 0 atom stereocenters. The summed E-state index contributed by atoms with van der Waals surface area (Å²) in [5.41, 5.74) is 10.6. The predicted octanol–water partition coefficient (Wildman–Crippen LogP) is 4.41. The fourth-order valence-electron chi connectivity index (χ4n) is 3.42. The van der Waals surface area contributed by atoms with Gasteiger partial charge in [-0.1, -0.05) is 44.2 Å². The third-order valence-corrected chi connectivity index (χ3v) is 5.18. The minimum atomic E-state index is -0.0978. The third-order valence-electron chi connectivity index (χ3n) is 5.18. The molecule has 3 rings (SSSR count). The number of hydrogen-bond acceptors (Lipinski definition) is 3. The summed E-state index contributed by atoms with van der Waals surface area (Å²) < 4.78 is 6.42.